The Balaban J connectivity index is 2.63. The topological polar surface area (TPSA) is 33.0 Å². The number of nitriles is 1. The molecule has 0 amide bonds. The van der Waals surface area contributed by atoms with E-state index in [4.69, 9.17) is 10.00 Å². The first-order valence-corrected chi connectivity index (χ1v) is 3.18. The molecule has 1 atom stereocenters. The largest absolute Gasteiger partial charge is 0.417 e. The van der Waals surface area contributed by atoms with E-state index < -0.39 is 5.60 Å². The second-order valence-electron chi connectivity index (χ2n) is 2.50. The third-order valence-electron chi connectivity index (χ3n) is 1.50. The fourth-order valence-electron chi connectivity index (χ4n) is 0.888. The second-order valence-corrected chi connectivity index (χ2v) is 2.50. The summed E-state index contributed by atoms with van der Waals surface area (Å²) < 4.78 is 4.84. The van der Waals surface area contributed by atoms with Gasteiger partial charge in [0, 0.05) is 6.42 Å². The minimum absolute atomic E-state index is 0.399. The molecule has 1 aliphatic rings. The summed E-state index contributed by atoms with van der Waals surface area (Å²) in [6, 6.07) is 0. The molecule has 0 spiro atoms. The molecule has 52 valence electrons. The average molecular weight is 135 g/mol. The molecule has 1 unspecified atom stereocenters. The highest BCUT2D eigenvalue weighted by Crippen LogP contribution is 2.20. The van der Waals surface area contributed by atoms with Crippen LogP contribution in [-0.4, -0.2) is 5.60 Å². The second kappa shape index (κ2) is 2.57. The molecule has 0 radical (unpaired) electrons. The summed E-state index contributed by atoms with van der Waals surface area (Å²) in [5.41, 5.74) is -0.399. The van der Waals surface area contributed by atoms with Crippen molar-refractivity contribution in [3.8, 4) is 6.26 Å². The summed E-state index contributed by atoms with van der Waals surface area (Å²) >= 11 is 0. The van der Waals surface area contributed by atoms with E-state index in [-0.39, 0.29) is 0 Å². The summed E-state index contributed by atoms with van der Waals surface area (Å²) in [5, 5.41) is 8.25. The highest BCUT2D eigenvalue weighted by atomic mass is 16.5. The lowest BCUT2D eigenvalue weighted by atomic mass is 9.98. The summed E-state index contributed by atoms with van der Waals surface area (Å²) in [7, 11) is 0. The van der Waals surface area contributed by atoms with Gasteiger partial charge in [-0.3, -0.25) is 0 Å². The molecule has 0 saturated heterocycles. The Labute approximate surface area is 60.4 Å². The van der Waals surface area contributed by atoms with Crippen LogP contribution in [0.15, 0.2) is 24.3 Å². The van der Waals surface area contributed by atoms with Crippen molar-refractivity contribution in [3.05, 3.63) is 24.3 Å². The third kappa shape index (κ3) is 1.38. The Morgan fingerprint density at radius 2 is 2.40 bits per heavy atom. The van der Waals surface area contributed by atoms with E-state index in [2.05, 4.69) is 0 Å². The maximum atomic E-state index is 8.25. The molecule has 0 aromatic carbocycles. The SMILES string of the molecule is CC1(OC#N)C=CC=CC1. The van der Waals surface area contributed by atoms with E-state index in [0.29, 0.717) is 0 Å². The van der Waals surface area contributed by atoms with Crippen molar-refractivity contribution >= 4 is 0 Å². The van der Waals surface area contributed by atoms with Gasteiger partial charge in [-0.15, -0.1) is 0 Å². The fourth-order valence-corrected chi connectivity index (χ4v) is 0.888. The molecule has 1 rings (SSSR count). The van der Waals surface area contributed by atoms with Crippen LogP contribution in [0.1, 0.15) is 13.3 Å². The van der Waals surface area contributed by atoms with Crippen LogP contribution in [0.25, 0.3) is 0 Å². The lowest BCUT2D eigenvalue weighted by molar-refractivity contribution is 0.104. The Morgan fingerprint density at radius 3 is 2.90 bits per heavy atom. The third-order valence-corrected chi connectivity index (χ3v) is 1.50. The zero-order valence-corrected chi connectivity index (χ0v) is 5.87. The summed E-state index contributed by atoms with van der Waals surface area (Å²) in [6.07, 6.45) is 10.2. The molecule has 10 heavy (non-hydrogen) atoms. The lowest BCUT2D eigenvalue weighted by Crippen LogP contribution is -2.23. The van der Waals surface area contributed by atoms with Crippen LogP contribution in [0.2, 0.25) is 0 Å². The average Bonchev–Trinajstić information content (AvgIpc) is 1.89. The number of rotatable bonds is 1. The van der Waals surface area contributed by atoms with Crippen molar-refractivity contribution in [1.29, 1.82) is 5.26 Å². The van der Waals surface area contributed by atoms with Gasteiger partial charge < -0.3 is 4.74 Å². The lowest BCUT2D eigenvalue weighted by Gasteiger charge is -2.22. The predicted octanol–water partition coefficient (Wildman–Crippen LogP) is 1.76. The van der Waals surface area contributed by atoms with Gasteiger partial charge >= 0.3 is 0 Å². The maximum Gasteiger partial charge on any atom is 0.287 e. The number of nitrogens with zero attached hydrogens (tertiary/aromatic N) is 1. The van der Waals surface area contributed by atoms with Crippen molar-refractivity contribution in [2.75, 3.05) is 0 Å². The standard InChI is InChI=1S/C8H9NO/c1-8(10-7-9)5-3-2-4-6-8/h2-5H,6H2,1H3. The van der Waals surface area contributed by atoms with Gasteiger partial charge in [0.1, 0.15) is 5.60 Å². The Morgan fingerprint density at radius 1 is 1.60 bits per heavy atom. The first kappa shape index (κ1) is 6.88. The fraction of sp³-hybridized carbons (Fsp3) is 0.375. The van der Waals surface area contributed by atoms with Crippen LogP contribution in [0.3, 0.4) is 0 Å². The van der Waals surface area contributed by atoms with E-state index in [0.717, 1.165) is 6.42 Å². The van der Waals surface area contributed by atoms with Gasteiger partial charge in [0.05, 0.1) is 0 Å². The van der Waals surface area contributed by atoms with Crippen LogP contribution >= 0.6 is 0 Å². The maximum absolute atomic E-state index is 8.25. The van der Waals surface area contributed by atoms with Crippen LogP contribution in [-0.2, 0) is 4.74 Å². The van der Waals surface area contributed by atoms with Crippen LogP contribution in [0.4, 0.5) is 0 Å². The summed E-state index contributed by atoms with van der Waals surface area (Å²) in [5.74, 6) is 0. The highest BCUT2D eigenvalue weighted by Gasteiger charge is 2.21. The molecule has 0 aromatic heterocycles. The van der Waals surface area contributed by atoms with Crippen LogP contribution in [0.5, 0.6) is 0 Å². The zero-order chi connectivity index (χ0) is 7.45. The summed E-state index contributed by atoms with van der Waals surface area (Å²) in [6.45, 7) is 1.89. The molecule has 0 N–H and O–H groups in total. The van der Waals surface area contributed by atoms with Crippen molar-refractivity contribution in [2.24, 2.45) is 0 Å². The summed E-state index contributed by atoms with van der Waals surface area (Å²) in [4.78, 5) is 0. The minimum Gasteiger partial charge on any atom is -0.417 e. The number of hydrogen-bond acceptors (Lipinski definition) is 2. The van der Waals surface area contributed by atoms with Gasteiger partial charge in [-0.1, -0.05) is 18.2 Å². The molecule has 0 heterocycles. The quantitative estimate of drug-likeness (QED) is 0.513. The van der Waals surface area contributed by atoms with Crippen molar-refractivity contribution in [1.82, 2.24) is 0 Å². The van der Waals surface area contributed by atoms with E-state index in [9.17, 15) is 0 Å². The zero-order valence-electron chi connectivity index (χ0n) is 5.87. The molecule has 0 fully saturated rings. The first-order chi connectivity index (χ1) is 4.77. The van der Waals surface area contributed by atoms with Crippen molar-refractivity contribution < 1.29 is 4.74 Å². The molecular weight excluding hydrogens is 126 g/mol. The van der Waals surface area contributed by atoms with Gasteiger partial charge in [-0.25, -0.2) is 0 Å². The smallest absolute Gasteiger partial charge is 0.287 e. The van der Waals surface area contributed by atoms with Crippen molar-refractivity contribution in [2.45, 2.75) is 18.9 Å². The molecular formula is C8H9NO. The predicted molar refractivity (Wildman–Crippen MR) is 38.0 cm³/mol. The molecule has 0 saturated carbocycles. The number of hydrogen-bond donors (Lipinski definition) is 0. The van der Waals surface area contributed by atoms with E-state index in [1.807, 2.05) is 31.2 Å². The molecule has 2 nitrogen and oxygen atoms in total. The first-order valence-electron chi connectivity index (χ1n) is 3.18. The Hall–Kier alpha value is -1.23. The molecule has 1 aliphatic carbocycles. The molecule has 2 heteroatoms. The van der Waals surface area contributed by atoms with E-state index in [1.165, 1.54) is 0 Å². The van der Waals surface area contributed by atoms with Crippen molar-refractivity contribution in [3.63, 3.8) is 0 Å². The monoisotopic (exact) mass is 135 g/mol. The molecule has 0 bridgehead atoms. The van der Waals surface area contributed by atoms with Gasteiger partial charge in [0.25, 0.3) is 6.26 Å². The van der Waals surface area contributed by atoms with Gasteiger partial charge in [-0.05, 0) is 13.0 Å². The van der Waals surface area contributed by atoms with Crippen LogP contribution < -0.4 is 0 Å². The number of allylic oxidation sites excluding steroid dienone is 2. The molecule has 0 aliphatic heterocycles. The highest BCUT2D eigenvalue weighted by molar-refractivity contribution is 5.17. The van der Waals surface area contributed by atoms with Gasteiger partial charge in [0.2, 0.25) is 0 Å². The van der Waals surface area contributed by atoms with Gasteiger partial charge in [-0.2, -0.15) is 5.26 Å². The van der Waals surface area contributed by atoms with Crippen LogP contribution in [0, 0.1) is 11.5 Å². The van der Waals surface area contributed by atoms with Gasteiger partial charge in [0.15, 0.2) is 0 Å². The normalized spacial score (nSPS) is 29.6. The number of ether oxygens (including phenoxy) is 1. The molecule has 0 aromatic rings. The van der Waals surface area contributed by atoms with E-state index >= 15 is 0 Å². The van der Waals surface area contributed by atoms with E-state index in [1.54, 1.807) is 6.26 Å². The Bertz CT molecular complexity index is 212. The minimum atomic E-state index is -0.399. The Kier molecular flexibility index (Phi) is 1.77.